The molecule has 0 radical (unpaired) electrons. The zero-order chi connectivity index (χ0) is 16.5. The van der Waals surface area contributed by atoms with Crippen LogP contribution in [0.3, 0.4) is 0 Å². The number of nitriles is 1. The molecule has 124 valence electrons. The van der Waals surface area contributed by atoms with E-state index in [1.807, 2.05) is 24.3 Å². The molecule has 4 nitrogen and oxygen atoms in total. The van der Waals surface area contributed by atoms with E-state index in [1.165, 1.54) is 25.9 Å². The smallest absolute Gasteiger partial charge is 0.170 e. The lowest BCUT2D eigenvalue weighted by Crippen LogP contribution is -2.37. The van der Waals surface area contributed by atoms with Gasteiger partial charge in [0.15, 0.2) is 5.11 Å². The SMILES string of the molecule is CC1CCCN(CCCNC(=S)Nc2ccc(CC#N)cc2)C1. The van der Waals surface area contributed by atoms with Gasteiger partial charge in [0.25, 0.3) is 0 Å². The topological polar surface area (TPSA) is 51.1 Å². The van der Waals surface area contributed by atoms with E-state index in [0.29, 0.717) is 11.5 Å². The van der Waals surface area contributed by atoms with E-state index in [4.69, 9.17) is 17.5 Å². The van der Waals surface area contributed by atoms with Gasteiger partial charge in [0.2, 0.25) is 0 Å². The largest absolute Gasteiger partial charge is 0.362 e. The zero-order valence-electron chi connectivity index (χ0n) is 13.8. The summed E-state index contributed by atoms with van der Waals surface area (Å²) in [5, 5.41) is 15.8. The van der Waals surface area contributed by atoms with Crippen molar-refractivity contribution in [2.45, 2.75) is 32.6 Å². The lowest BCUT2D eigenvalue weighted by atomic mass is 10.0. The van der Waals surface area contributed by atoms with Crippen LogP contribution in [0, 0.1) is 17.2 Å². The van der Waals surface area contributed by atoms with Gasteiger partial charge in [0.1, 0.15) is 0 Å². The minimum Gasteiger partial charge on any atom is -0.362 e. The molecule has 2 rings (SSSR count). The molecule has 1 atom stereocenters. The number of nitrogens with one attached hydrogen (secondary N) is 2. The van der Waals surface area contributed by atoms with Crippen LogP contribution in [-0.2, 0) is 6.42 Å². The molecule has 2 N–H and O–H groups in total. The molecule has 1 aliphatic rings. The highest BCUT2D eigenvalue weighted by Crippen LogP contribution is 2.15. The van der Waals surface area contributed by atoms with Crippen molar-refractivity contribution in [1.82, 2.24) is 10.2 Å². The van der Waals surface area contributed by atoms with Crippen molar-refractivity contribution in [3.63, 3.8) is 0 Å². The van der Waals surface area contributed by atoms with E-state index in [0.717, 1.165) is 36.7 Å². The van der Waals surface area contributed by atoms with Crippen LogP contribution in [0.15, 0.2) is 24.3 Å². The van der Waals surface area contributed by atoms with Crippen LogP contribution in [0.5, 0.6) is 0 Å². The van der Waals surface area contributed by atoms with E-state index < -0.39 is 0 Å². The third kappa shape index (κ3) is 6.55. The summed E-state index contributed by atoms with van der Waals surface area (Å²) in [5.41, 5.74) is 1.97. The number of nitrogens with zero attached hydrogens (tertiary/aromatic N) is 2. The van der Waals surface area contributed by atoms with Gasteiger partial charge in [-0.3, -0.25) is 0 Å². The molecule has 1 aromatic rings. The Labute approximate surface area is 144 Å². The molecule has 1 aromatic carbocycles. The Morgan fingerprint density at radius 3 is 2.87 bits per heavy atom. The van der Waals surface area contributed by atoms with E-state index in [1.54, 1.807) is 0 Å². The highest BCUT2D eigenvalue weighted by Gasteiger charge is 2.15. The first kappa shape index (κ1) is 17.7. The second-order valence-electron chi connectivity index (χ2n) is 6.31. The van der Waals surface area contributed by atoms with Crippen molar-refractivity contribution in [3.05, 3.63) is 29.8 Å². The van der Waals surface area contributed by atoms with Gasteiger partial charge in [0.05, 0.1) is 12.5 Å². The molecule has 23 heavy (non-hydrogen) atoms. The Kier molecular flexibility index (Phi) is 7.31. The van der Waals surface area contributed by atoms with Crippen LogP contribution >= 0.6 is 12.2 Å². The molecule has 5 heteroatoms. The molecule has 1 unspecified atom stereocenters. The molecule has 0 aromatic heterocycles. The van der Waals surface area contributed by atoms with E-state index in [-0.39, 0.29) is 0 Å². The van der Waals surface area contributed by atoms with Crippen molar-refractivity contribution < 1.29 is 0 Å². The molecule has 0 saturated carbocycles. The molecule has 1 saturated heterocycles. The molecular formula is C18H26N4S. The van der Waals surface area contributed by atoms with E-state index in [2.05, 4.69) is 28.5 Å². The summed E-state index contributed by atoms with van der Waals surface area (Å²) in [4.78, 5) is 2.56. The van der Waals surface area contributed by atoms with Crippen molar-refractivity contribution in [3.8, 4) is 6.07 Å². The number of piperidine rings is 1. The fourth-order valence-electron chi connectivity index (χ4n) is 2.97. The lowest BCUT2D eigenvalue weighted by molar-refractivity contribution is 0.182. The van der Waals surface area contributed by atoms with Crippen LogP contribution in [-0.4, -0.2) is 36.2 Å². The van der Waals surface area contributed by atoms with Gasteiger partial charge in [-0.1, -0.05) is 19.1 Å². The molecular weight excluding hydrogens is 304 g/mol. The minimum atomic E-state index is 0.443. The third-order valence-corrected chi connectivity index (χ3v) is 4.42. The fourth-order valence-corrected chi connectivity index (χ4v) is 3.19. The molecule has 0 spiro atoms. The second-order valence-corrected chi connectivity index (χ2v) is 6.72. The normalized spacial score (nSPS) is 18.2. The Balaban J connectivity index is 1.62. The number of thiocarbonyl (C=S) groups is 1. The molecule has 1 heterocycles. The number of anilines is 1. The first-order chi connectivity index (χ1) is 11.2. The maximum atomic E-state index is 8.66. The van der Waals surface area contributed by atoms with Crippen molar-refractivity contribution >= 4 is 23.0 Å². The highest BCUT2D eigenvalue weighted by atomic mass is 32.1. The summed E-state index contributed by atoms with van der Waals surface area (Å²) < 4.78 is 0. The van der Waals surface area contributed by atoms with Crippen LogP contribution in [0.4, 0.5) is 5.69 Å². The standard InChI is InChI=1S/C18H26N4S/c1-15-4-2-12-22(14-15)13-3-11-20-18(23)21-17-7-5-16(6-8-17)9-10-19/h5-8,15H,2-4,9,11-14H2,1H3,(H2,20,21,23). The van der Waals surface area contributed by atoms with Gasteiger partial charge in [-0.2, -0.15) is 5.26 Å². The molecule has 0 bridgehead atoms. The predicted octanol–water partition coefficient (Wildman–Crippen LogP) is 3.16. The van der Waals surface area contributed by atoms with Gasteiger partial charge >= 0.3 is 0 Å². The molecule has 0 amide bonds. The number of benzene rings is 1. The summed E-state index contributed by atoms with van der Waals surface area (Å²) >= 11 is 5.32. The number of rotatable bonds is 6. The summed E-state index contributed by atoms with van der Waals surface area (Å²) in [6.07, 6.45) is 4.25. The van der Waals surface area contributed by atoms with Crippen LogP contribution in [0.1, 0.15) is 31.7 Å². The van der Waals surface area contributed by atoms with Crippen LogP contribution in [0.25, 0.3) is 0 Å². The monoisotopic (exact) mass is 330 g/mol. The summed E-state index contributed by atoms with van der Waals surface area (Å²) in [6.45, 7) is 6.84. The first-order valence-electron chi connectivity index (χ1n) is 8.40. The predicted molar refractivity (Wildman–Crippen MR) is 99.4 cm³/mol. The van der Waals surface area contributed by atoms with Gasteiger partial charge in [-0.25, -0.2) is 0 Å². The summed E-state index contributed by atoms with van der Waals surface area (Å²) in [5.74, 6) is 0.837. The number of hydrogen-bond acceptors (Lipinski definition) is 3. The Bertz CT molecular complexity index is 535. The van der Waals surface area contributed by atoms with Crippen LogP contribution in [0.2, 0.25) is 0 Å². The number of hydrogen-bond donors (Lipinski definition) is 2. The number of likely N-dealkylation sites (tertiary alicyclic amines) is 1. The third-order valence-electron chi connectivity index (χ3n) is 4.17. The molecule has 1 aliphatic heterocycles. The first-order valence-corrected chi connectivity index (χ1v) is 8.81. The van der Waals surface area contributed by atoms with Crippen LogP contribution < -0.4 is 10.6 Å². The lowest BCUT2D eigenvalue weighted by Gasteiger charge is -2.30. The Hall–Kier alpha value is -1.64. The molecule has 0 aliphatic carbocycles. The van der Waals surface area contributed by atoms with E-state index >= 15 is 0 Å². The van der Waals surface area contributed by atoms with Gasteiger partial charge < -0.3 is 15.5 Å². The average molecular weight is 331 g/mol. The fraction of sp³-hybridized carbons (Fsp3) is 0.556. The average Bonchev–Trinajstić information content (AvgIpc) is 2.54. The van der Waals surface area contributed by atoms with Crippen molar-refractivity contribution in [2.75, 3.05) is 31.5 Å². The maximum absolute atomic E-state index is 8.66. The van der Waals surface area contributed by atoms with Gasteiger partial charge in [-0.05, 0) is 68.2 Å². The Morgan fingerprint density at radius 1 is 1.39 bits per heavy atom. The maximum Gasteiger partial charge on any atom is 0.170 e. The van der Waals surface area contributed by atoms with Gasteiger partial charge in [-0.15, -0.1) is 0 Å². The Morgan fingerprint density at radius 2 is 2.17 bits per heavy atom. The van der Waals surface area contributed by atoms with Crippen molar-refractivity contribution in [2.24, 2.45) is 5.92 Å². The second kappa shape index (κ2) is 9.49. The van der Waals surface area contributed by atoms with Gasteiger partial charge in [0, 0.05) is 18.8 Å². The van der Waals surface area contributed by atoms with E-state index in [9.17, 15) is 0 Å². The minimum absolute atomic E-state index is 0.443. The summed E-state index contributed by atoms with van der Waals surface area (Å²) in [6, 6.07) is 9.95. The summed E-state index contributed by atoms with van der Waals surface area (Å²) in [7, 11) is 0. The molecule has 1 fully saturated rings. The highest BCUT2D eigenvalue weighted by molar-refractivity contribution is 7.80. The quantitative estimate of drug-likeness (QED) is 0.620. The zero-order valence-corrected chi connectivity index (χ0v) is 14.7. The van der Waals surface area contributed by atoms with Crippen molar-refractivity contribution in [1.29, 1.82) is 5.26 Å².